The Bertz CT molecular complexity index is 551. The van der Waals surface area contributed by atoms with Crippen LogP contribution in [0.3, 0.4) is 0 Å². The second kappa shape index (κ2) is 5.75. The fourth-order valence-electron chi connectivity index (χ4n) is 2.04. The van der Waals surface area contributed by atoms with Gasteiger partial charge in [-0.3, -0.25) is 0 Å². The molecule has 0 spiro atoms. The van der Waals surface area contributed by atoms with Crippen molar-refractivity contribution in [3.8, 4) is 11.5 Å². The fourth-order valence-corrected chi connectivity index (χ4v) is 2.04. The highest BCUT2D eigenvalue weighted by Gasteiger charge is 2.14. The third kappa shape index (κ3) is 2.88. The summed E-state index contributed by atoms with van der Waals surface area (Å²) in [5.41, 5.74) is 7.20. The number of nitrogens with two attached hydrogens (primary N) is 1. The van der Waals surface area contributed by atoms with Crippen LogP contribution in [0.5, 0.6) is 11.5 Å². The first-order valence-electron chi connectivity index (χ1n) is 6.11. The van der Waals surface area contributed by atoms with Crippen molar-refractivity contribution in [3.05, 3.63) is 42.0 Å². The van der Waals surface area contributed by atoms with Crippen molar-refractivity contribution in [2.45, 2.75) is 19.5 Å². The summed E-state index contributed by atoms with van der Waals surface area (Å²) < 4.78 is 12.6. The first kappa shape index (κ1) is 13.4. The van der Waals surface area contributed by atoms with E-state index in [0.717, 1.165) is 22.9 Å². The van der Waals surface area contributed by atoms with Gasteiger partial charge in [0.2, 0.25) is 0 Å². The number of ether oxygens (including phenoxy) is 2. The molecule has 2 N–H and O–H groups in total. The Morgan fingerprint density at radius 3 is 2.68 bits per heavy atom. The van der Waals surface area contributed by atoms with E-state index < -0.39 is 0 Å². The van der Waals surface area contributed by atoms with Gasteiger partial charge in [-0.15, -0.1) is 0 Å². The number of aromatic nitrogens is 2. The molecule has 1 atom stereocenters. The zero-order chi connectivity index (χ0) is 13.8. The number of nitrogens with zero attached hydrogens (tertiary/aromatic N) is 2. The molecule has 19 heavy (non-hydrogen) atoms. The highest BCUT2D eigenvalue weighted by Crippen LogP contribution is 2.29. The van der Waals surface area contributed by atoms with Crippen LogP contribution >= 0.6 is 0 Å². The quantitative estimate of drug-likeness (QED) is 0.893. The second-order valence-corrected chi connectivity index (χ2v) is 4.34. The average Bonchev–Trinajstić information content (AvgIpc) is 2.83. The van der Waals surface area contributed by atoms with E-state index in [4.69, 9.17) is 15.2 Å². The van der Waals surface area contributed by atoms with Crippen molar-refractivity contribution in [3.63, 3.8) is 0 Å². The fraction of sp³-hybridized carbons (Fsp3) is 0.357. The number of rotatable bonds is 5. The van der Waals surface area contributed by atoms with E-state index in [-0.39, 0.29) is 6.04 Å². The minimum Gasteiger partial charge on any atom is -0.497 e. The number of aryl methyl sites for hydroxylation is 1. The lowest BCUT2D eigenvalue weighted by Crippen LogP contribution is -2.18. The summed E-state index contributed by atoms with van der Waals surface area (Å²) in [6, 6.07) is 5.46. The summed E-state index contributed by atoms with van der Waals surface area (Å²) in [5.74, 6) is 2.48. The molecule has 2 aromatic rings. The largest absolute Gasteiger partial charge is 0.497 e. The van der Waals surface area contributed by atoms with Gasteiger partial charge in [0.1, 0.15) is 17.3 Å². The van der Waals surface area contributed by atoms with Crippen LogP contribution in [0.4, 0.5) is 0 Å². The molecular weight excluding hydrogens is 242 g/mol. The lowest BCUT2D eigenvalue weighted by molar-refractivity contribution is 0.392. The van der Waals surface area contributed by atoms with Crippen LogP contribution < -0.4 is 15.2 Å². The predicted molar refractivity (Wildman–Crippen MR) is 73.4 cm³/mol. The molecule has 0 aliphatic heterocycles. The topological polar surface area (TPSA) is 62.3 Å². The van der Waals surface area contributed by atoms with Crippen molar-refractivity contribution in [1.82, 2.24) is 9.55 Å². The van der Waals surface area contributed by atoms with E-state index in [2.05, 4.69) is 4.98 Å². The molecule has 2 rings (SSSR count). The van der Waals surface area contributed by atoms with Crippen LogP contribution in [0.1, 0.15) is 17.4 Å². The molecule has 5 nitrogen and oxygen atoms in total. The Morgan fingerprint density at radius 2 is 2.11 bits per heavy atom. The molecule has 0 amide bonds. The highest BCUT2D eigenvalue weighted by molar-refractivity contribution is 5.42. The van der Waals surface area contributed by atoms with E-state index in [1.807, 2.05) is 35.9 Å². The first-order valence-corrected chi connectivity index (χ1v) is 6.11. The molecule has 0 aliphatic carbocycles. The Labute approximate surface area is 113 Å². The summed E-state index contributed by atoms with van der Waals surface area (Å²) in [6.45, 7) is 2.60. The highest BCUT2D eigenvalue weighted by atomic mass is 16.5. The summed E-state index contributed by atoms with van der Waals surface area (Å²) in [7, 11) is 3.28. The van der Waals surface area contributed by atoms with Crippen molar-refractivity contribution in [1.29, 1.82) is 0 Å². The molecule has 1 unspecified atom stereocenters. The second-order valence-electron chi connectivity index (χ2n) is 4.34. The maximum Gasteiger partial charge on any atom is 0.123 e. The van der Waals surface area contributed by atoms with E-state index in [9.17, 15) is 0 Å². The van der Waals surface area contributed by atoms with Gasteiger partial charge in [0.15, 0.2) is 0 Å². The van der Waals surface area contributed by atoms with Gasteiger partial charge in [0.25, 0.3) is 0 Å². The van der Waals surface area contributed by atoms with Gasteiger partial charge in [-0.1, -0.05) is 0 Å². The summed E-state index contributed by atoms with van der Waals surface area (Å²) >= 11 is 0. The standard InChI is InChI=1S/C14H19N3O2/c1-10-16-6-7-17(10)9-13(15)12-8-11(18-2)4-5-14(12)19-3/h4-8,13H,9,15H2,1-3H3. The summed E-state index contributed by atoms with van der Waals surface area (Å²) in [6.07, 6.45) is 3.69. The maximum absolute atomic E-state index is 6.27. The van der Waals surface area contributed by atoms with E-state index >= 15 is 0 Å². The SMILES string of the molecule is COc1ccc(OC)c(C(N)Cn2ccnc2C)c1. The van der Waals surface area contributed by atoms with Crippen molar-refractivity contribution >= 4 is 0 Å². The molecule has 1 heterocycles. The zero-order valence-electron chi connectivity index (χ0n) is 11.5. The normalized spacial score (nSPS) is 12.2. The van der Waals surface area contributed by atoms with Gasteiger partial charge in [-0.25, -0.2) is 4.98 Å². The van der Waals surface area contributed by atoms with E-state index in [1.54, 1.807) is 20.4 Å². The Hall–Kier alpha value is -2.01. The van der Waals surface area contributed by atoms with Crippen LogP contribution in [-0.4, -0.2) is 23.8 Å². The summed E-state index contributed by atoms with van der Waals surface area (Å²) in [4.78, 5) is 4.19. The molecule has 0 fully saturated rings. The third-order valence-electron chi connectivity index (χ3n) is 3.15. The minimum atomic E-state index is -0.182. The number of imidazole rings is 1. The molecular formula is C14H19N3O2. The van der Waals surface area contributed by atoms with E-state index in [1.165, 1.54) is 0 Å². The number of hydrogen-bond donors (Lipinski definition) is 1. The molecule has 1 aromatic heterocycles. The molecule has 1 aromatic carbocycles. The van der Waals surface area contributed by atoms with Crippen molar-refractivity contribution < 1.29 is 9.47 Å². The molecule has 5 heteroatoms. The Kier molecular flexibility index (Phi) is 4.06. The van der Waals surface area contributed by atoms with Gasteiger partial charge in [0, 0.05) is 24.5 Å². The minimum absolute atomic E-state index is 0.182. The first-order chi connectivity index (χ1) is 9.15. The van der Waals surface area contributed by atoms with Crippen LogP contribution in [0.2, 0.25) is 0 Å². The summed E-state index contributed by atoms with van der Waals surface area (Å²) in [5, 5.41) is 0. The van der Waals surface area contributed by atoms with Crippen LogP contribution in [0.15, 0.2) is 30.6 Å². The number of hydrogen-bond acceptors (Lipinski definition) is 4. The van der Waals surface area contributed by atoms with Gasteiger partial charge in [0.05, 0.1) is 20.3 Å². The lowest BCUT2D eigenvalue weighted by Gasteiger charge is -2.18. The van der Waals surface area contributed by atoms with Crippen LogP contribution in [-0.2, 0) is 6.54 Å². The number of methoxy groups -OCH3 is 2. The van der Waals surface area contributed by atoms with Crippen LogP contribution in [0.25, 0.3) is 0 Å². The number of benzene rings is 1. The molecule has 102 valence electrons. The molecule has 0 bridgehead atoms. The predicted octanol–water partition coefficient (Wildman–Crippen LogP) is 1.91. The molecule has 0 saturated heterocycles. The molecule has 0 radical (unpaired) electrons. The van der Waals surface area contributed by atoms with Gasteiger partial charge in [-0.05, 0) is 25.1 Å². The van der Waals surface area contributed by atoms with Crippen LogP contribution in [0, 0.1) is 6.92 Å². The maximum atomic E-state index is 6.27. The average molecular weight is 261 g/mol. The lowest BCUT2D eigenvalue weighted by atomic mass is 10.1. The van der Waals surface area contributed by atoms with Gasteiger partial charge >= 0.3 is 0 Å². The third-order valence-corrected chi connectivity index (χ3v) is 3.15. The van der Waals surface area contributed by atoms with Crippen molar-refractivity contribution in [2.24, 2.45) is 5.73 Å². The Morgan fingerprint density at radius 1 is 1.32 bits per heavy atom. The van der Waals surface area contributed by atoms with E-state index in [0.29, 0.717) is 6.54 Å². The molecule has 0 aliphatic rings. The monoisotopic (exact) mass is 261 g/mol. The van der Waals surface area contributed by atoms with Crippen molar-refractivity contribution in [2.75, 3.05) is 14.2 Å². The smallest absolute Gasteiger partial charge is 0.123 e. The molecule has 0 saturated carbocycles. The Balaban J connectivity index is 2.26. The van der Waals surface area contributed by atoms with Gasteiger partial charge < -0.3 is 19.8 Å². The zero-order valence-corrected chi connectivity index (χ0v) is 11.5. The van der Waals surface area contributed by atoms with Gasteiger partial charge in [-0.2, -0.15) is 0 Å².